The molecule has 0 spiro atoms. The van der Waals surface area contributed by atoms with Crippen LogP contribution in [0.15, 0.2) is 12.1 Å². The first-order chi connectivity index (χ1) is 9.92. The second-order valence-corrected chi connectivity index (χ2v) is 5.57. The van der Waals surface area contributed by atoms with E-state index in [-0.39, 0.29) is 5.60 Å². The van der Waals surface area contributed by atoms with Crippen molar-refractivity contribution < 1.29 is 18.9 Å². The molecule has 0 unspecified atom stereocenters. The van der Waals surface area contributed by atoms with E-state index in [0.717, 1.165) is 6.42 Å². The summed E-state index contributed by atoms with van der Waals surface area (Å²) in [5.41, 5.74) is 5.98. The molecule has 0 saturated heterocycles. The molecule has 6 heteroatoms. The number of nitrogens with zero attached hydrogens (tertiary/aromatic N) is 1. The zero-order chi connectivity index (χ0) is 15.7. The zero-order valence-corrected chi connectivity index (χ0v) is 13.3. The van der Waals surface area contributed by atoms with Gasteiger partial charge in [-0.1, -0.05) is 0 Å². The SMILES string of the molecule is COCCCOCCOc1ccc(N)c(OC(C)(C)C)n1. The number of nitrogen functional groups attached to an aromatic ring is 1. The Bertz CT molecular complexity index is 419. The van der Waals surface area contributed by atoms with Crippen molar-refractivity contribution in [2.24, 2.45) is 0 Å². The second kappa shape index (κ2) is 8.69. The minimum absolute atomic E-state index is 0.357. The van der Waals surface area contributed by atoms with Crippen LogP contribution in [0, 0.1) is 0 Å². The number of methoxy groups -OCH3 is 1. The van der Waals surface area contributed by atoms with Crippen molar-refractivity contribution >= 4 is 5.69 Å². The highest BCUT2D eigenvalue weighted by molar-refractivity contribution is 5.49. The van der Waals surface area contributed by atoms with Crippen LogP contribution in [-0.2, 0) is 9.47 Å². The molecule has 0 aliphatic heterocycles. The molecule has 21 heavy (non-hydrogen) atoms. The molecule has 0 aliphatic rings. The van der Waals surface area contributed by atoms with Crippen molar-refractivity contribution in [3.8, 4) is 11.8 Å². The number of rotatable bonds is 9. The van der Waals surface area contributed by atoms with Gasteiger partial charge in [0.05, 0.1) is 12.3 Å². The van der Waals surface area contributed by atoms with Crippen LogP contribution in [0.3, 0.4) is 0 Å². The molecule has 0 atom stereocenters. The van der Waals surface area contributed by atoms with E-state index in [0.29, 0.717) is 43.9 Å². The summed E-state index contributed by atoms with van der Waals surface area (Å²) in [6.45, 7) is 8.11. The van der Waals surface area contributed by atoms with Crippen LogP contribution in [-0.4, -0.2) is 44.1 Å². The van der Waals surface area contributed by atoms with Gasteiger partial charge in [0.2, 0.25) is 11.8 Å². The van der Waals surface area contributed by atoms with Gasteiger partial charge in [-0.3, -0.25) is 0 Å². The van der Waals surface area contributed by atoms with E-state index in [9.17, 15) is 0 Å². The molecular formula is C15H26N2O4. The van der Waals surface area contributed by atoms with Crippen molar-refractivity contribution in [3.05, 3.63) is 12.1 Å². The predicted molar refractivity (Wildman–Crippen MR) is 81.8 cm³/mol. The van der Waals surface area contributed by atoms with Crippen LogP contribution in [0.5, 0.6) is 11.8 Å². The molecule has 1 aromatic rings. The minimum Gasteiger partial charge on any atom is -0.475 e. The first-order valence-electron chi connectivity index (χ1n) is 7.07. The van der Waals surface area contributed by atoms with Crippen molar-refractivity contribution in [1.29, 1.82) is 0 Å². The molecule has 1 rings (SSSR count). The summed E-state index contributed by atoms with van der Waals surface area (Å²) in [6, 6.07) is 3.44. The molecule has 0 fully saturated rings. The number of hydrogen-bond acceptors (Lipinski definition) is 6. The third-order valence-electron chi connectivity index (χ3n) is 2.38. The van der Waals surface area contributed by atoms with Gasteiger partial charge in [0.25, 0.3) is 0 Å². The Balaban J connectivity index is 2.37. The second-order valence-electron chi connectivity index (χ2n) is 5.57. The lowest BCUT2D eigenvalue weighted by Crippen LogP contribution is -2.24. The molecule has 2 N–H and O–H groups in total. The average molecular weight is 298 g/mol. The Morgan fingerprint density at radius 3 is 2.52 bits per heavy atom. The standard InChI is InChI=1S/C15H26N2O4/c1-15(2,3)21-14-12(16)6-7-13(17-14)20-11-10-19-9-5-8-18-4/h6-7H,5,8-11,16H2,1-4H3. The van der Waals surface area contributed by atoms with Crippen LogP contribution in [0.2, 0.25) is 0 Å². The van der Waals surface area contributed by atoms with E-state index in [1.807, 2.05) is 20.8 Å². The lowest BCUT2D eigenvalue weighted by Gasteiger charge is -2.21. The van der Waals surface area contributed by atoms with E-state index in [4.69, 9.17) is 24.7 Å². The molecule has 0 bridgehead atoms. The monoisotopic (exact) mass is 298 g/mol. The highest BCUT2D eigenvalue weighted by Crippen LogP contribution is 2.25. The maximum absolute atomic E-state index is 5.84. The molecular weight excluding hydrogens is 272 g/mol. The first-order valence-corrected chi connectivity index (χ1v) is 7.07. The molecule has 1 aromatic heterocycles. The maximum Gasteiger partial charge on any atom is 0.241 e. The van der Waals surface area contributed by atoms with Gasteiger partial charge in [-0.25, -0.2) is 0 Å². The van der Waals surface area contributed by atoms with Crippen molar-refractivity contribution in [1.82, 2.24) is 4.98 Å². The number of aromatic nitrogens is 1. The Kier molecular flexibility index (Phi) is 7.25. The van der Waals surface area contributed by atoms with Crippen LogP contribution >= 0.6 is 0 Å². The number of ether oxygens (including phenoxy) is 4. The Morgan fingerprint density at radius 1 is 1.10 bits per heavy atom. The summed E-state index contributed by atoms with van der Waals surface area (Å²) in [5, 5.41) is 0. The quantitative estimate of drug-likeness (QED) is 0.705. The third-order valence-corrected chi connectivity index (χ3v) is 2.38. The fourth-order valence-corrected chi connectivity index (χ4v) is 1.50. The van der Waals surface area contributed by atoms with Gasteiger partial charge in [0.15, 0.2) is 0 Å². The number of anilines is 1. The van der Waals surface area contributed by atoms with E-state index in [1.165, 1.54) is 0 Å². The van der Waals surface area contributed by atoms with Gasteiger partial charge in [-0.2, -0.15) is 4.98 Å². The van der Waals surface area contributed by atoms with Crippen LogP contribution in [0.25, 0.3) is 0 Å². The van der Waals surface area contributed by atoms with Crippen molar-refractivity contribution in [3.63, 3.8) is 0 Å². The summed E-state index contributed by atoms with van der Waals surface area (Å²) in [4.78, 5) is 4.26. The van der Waals surface area contributed by atoms with E-state index in [2.05, 4.69) is 4.98 Å². The summed E-state index contributed by atoms with van der Waals surface area (Å²) >= 11 is 0. The summed E-state index contributed by atoms with van der Waals surface area (Å²) in [5.74, 6) is 0.866. The molecule has 0 saturated carbocycles. The molecule has 120 valence electrons. The lowest BCUT2D eigenvalue weighted by atomic mass is 10.2. The van der Waals surface area contributed by atoms with Crippen LogP contribution in [0.1, 0.15) is 27.2 Å². The van der Waals surface area contributed by atoms with E-state index >= 15 is 0 Å². The highest BCUT2D eigenvalue weighted by Gasteiger charge is 2.15. The topological polar surface area (TPSA) is 75.8 Å². The first kappa shape index (κ1) is 17.5. The highest BCUT2D eigenvalue weighted by atomic mass is 16.5. The normalized spacial score (nSPS) is 11.4. The Morgan fingerprint density at radius 2 is 1.86 bits per heavy atom. The Hall–Kier alpha value is -1.53. The molecule has 1 heterocycles. The third kappa shape index (κ3) is 7.72. The van der Waals surface area contributed by atoms with Gasteiger partial charge in [0.1, 0.15) is 12.2 Å². The van der Waals surface area contributed by atoms with Crippen LogP contribution in [0.4, 0.5) is 5.69 Å². The largest absolute Gasteiger partial charge is 0.475 e. The smallest absolute Gasteiger partial charge is 0.241 e. The molecule has 0 radical (unpaired) electrons. The van der Waals surface area contributed by atoms with Gasteiger partial charge in [0, 0.05) is 26.4 Å². The fraction of sp³-hybridized carbons (Fsp3) is 0.667. The molecule has 0 aromatic carbocycles. The molecule has 6 nitrogen and oxygen atoms in total. The van der Waals surface area contributed by atoms with Crippen LogP contribution < -0.4 is 15.2 Å². The Labute approximate surface area is 126 Å². The minimum atomic E-state index is -0.357. The summed E-state index contributed by atoms with van der Waals surface area (Å²) < 4.78 is 21.5. The van der Waals surface area contributed by atoms with Gasteiger partial charge < -0.3 is 24.7 Å². The number of nitrogens with two attached hydrogens (primary N) is 1. The van der Waals surface area contributed by atoms with Crippen molar-refractivity contribution in [2.75, 3.05) is 39.3 Å². The van der Waals surface area contributed by atoms with Gasteiger partial charge >= 0.3 is 0 Å². The lowest BCUT2D eigenvalue weighted by molar-refractivity contribution is 0.0786. The predicted octanol–water partition coefficient (Wildman–Crippen LogP) is 2.27. The zero-order valence-electron chi connectivity index (χ0n) is 13.3. The van der Waals surface area contributed by atoms with Gasteiger partial charge in [-0.05, 0) is 33.3 Å². The average Bonchev–Trinajstić information content (AvgIpc) is 2.39. The fourth-order valence-electron chi connectivity index (χ4n) is 1.50. The maximum atomic E-state index is 5.84. The molecule has 0 aliphatic carbocycles. The van der Waals surface area contributed by atoms with Gasteiger partial charge in [-0.15, -0.1) is 0 Å². The number of pyridine rings is 1. The van der Waals surface area contributed by atoms with Crippen molar-refractivity contribution in [2.45, 2.75) is 32.8 Å². The summed E-state index contributed by atoms with van der Waals surface area (Å²) in [7, 11) is 1.67. The number of hydrogen-bond donors (Lipinski definition) is 1. The summed E-state index contributed by atoms with van der Waals surface area (Å²) in [6.07, 6.45) is 0.875. The van der Waals surface area contributed by atoms with E-state index < -0.39 is 0 Å². The van der Waals surface area contributed by atoms with E-state index in [1.54, 1.807) is 19.2 Å². The molecule has 0 amide bonds.